The van der Waals surface area contributed by atoms with Gasteiger partial charge in [0.05, 0.1) is 31.9 Å². The summed E-state index contributed by atoms with van der Waals surface area (Å²) in [5, 5.41) is 0. The van der Waals surface area contributed by atoms with E-state index in [-0.39, 0.29) is 5.75 Å². The predicted molar refractivity (Wildman–Crippen MR) is 273 cm³/mol. The molecule has 0 spiro atoms. The van der Waals surface area contributed by atoms with Gasteiger partial charge in [0.1, 0.15) is 10.1 Å². The van der Waals surface area contributed by atoms with E-state index in [0.29, 0.717) is 6.54 Å². The Morgan fingerprint density at radius 2 is 0.393 bits per heavy atom. The number of hydrogen-bond acceptors (Lipinski definition) is 3. The van der Waals surface area contributed by atoms with Crippen LogP contribution in [0.5, 0.6) is 0 Å². The second kappa shape index (κ2) is 49.3. The maximum Gasteiger partial charge on any atom is 0.100 e. The zero-order valence-electron chi connectivity index (χ0n) is 42.6. The van der Waals surface area contributed by atoms with E-state index in [4.69, 9.17) is 0 Å². The Balaban J connectivity index is 4.61. The van der Waals surface area contributed by atoms with E-state index in [1.165, 1.54) is 308 Å². The SMILES string of the molecule is CCCCCCCCCCCCCCCCCC[N+](CCCCCCCCCCCCCCCCCC)(CCCCCCCCCCCCCCCCCC)CCS(=O)(=O)[O-]. The van der Waals surface area contributed by atoms with Gasteiger partial charge in [0.15, 0.2) is 0 Å². The third-order valence-electron chi connectivity index (χ3n) is 14.3. The Morgan fingerprint density at radius 3 is 0.541 bits per heavy atom. The van der Waals surface area contributed by atoms with Crippen molar-refractivity contribution in [3.8, 4) is 0 Å². The first-order valence-corrected chi connectivity index (χ1v) is 30.3. The molecule has 0 aliphatic heterocycles. The quantitative estimate of drug-likeness (QED) is 0.0347. The highest BCUT2D eigenvalue weighted by atomic mass is 32.2. The molecule has 0 aromatic carbocycles. The van der Waals surface area contributed by atoms with Crippen molar-refractivity contribution in [1.82, 2.24) is 0 Å². The largest absolute Gasteiger partial charge is 0.748 e. The van der Waals surface area contributed by atoms with Crippen molar-refractivity contribution < 1.29 is 17.5 Å². The zero-order chi connectivity index (χ0) is 44.5. The predicted octanol–water partition coefficient (Wildman–Crippen LogP) is 19.1. The molecular weight excluding hydrogens is 767 g/mol. The molecule has 4 nitrogen and oxygen atoms in total. The molecule has 0 rings (SSSR count). The molecule has 0 saturated carbocycles. The molecule has 61 heavy (non-hydrogen) atoms. The van der Waals surface area contributed by atoms with Crippen LogP contribution in [0.3, 0.4) is 0 Å². The Hall–Kier alpha value is -0.130. The Bertz CT molecular complexity index is 834. The molecule has 0 aromatic rings. The molecule has 0 atom stereocenters. The molecule has 0 N–H and O–H groups in total. The molecule has 0 aliphatic carbocycles. The van der Waals surface area contributed by atoms with Gasteiger partial charge in [-0.05, 0) is 38.5 Å². The second-order valence-electron chi connectivity index (χ2n) is 20.4. The van der Waals surface area contributed by atoms with Crippen LogP contribution >= 0.6 is 0 Å². The molecular formula is C56H115NO3S. The van der Waals surface area contributed by atoms with Crippen LogP contribution in [0.4, 0.5) is 0 Å². The van der Waals surface area contributed by atoms with Crippen LogP contribution in [0.2, 0.25) is 0 Å². The van der Waals surface area contributed by atoms with E-state index in [1.54, 1.807) is 0 Å². The fourth-order valence-electron chi connectivity index (χ4n) is 9.96. The van der Waals surface area contributed by atoms with Crippen LogP contribution in [0.25, 0.3) is 0 Å². The highest BCUT2D eigenvalue weighted by Gasteiger charge is 2.27. The molecule has 0 amide bonds. The third-order valence-corrected chi connectivity index (χ3v) is 15.0. The average Bonchev–Trinajstić information content (AvgIpc) is 3.24. The lowest BCUT2D eigenvalue weighted by molar-refractivity contribution is -0.926. The normalized spacial score (nSPS) is 12.3. The molecule has 0 saturated heterocycles. The lowest BCUT2D eigenvalue weighted by Crippen LogP contribution is -2.52. The van der Waals surface area contributed by atoms with E-state index in [2.05, 4.69) is 20.8 Å². The highest BCUT2D eigenvalue weighted by molar-refractivity contribution is 7.85. The smallest absolute Gasteiger partial charge is 0.100 e. The van der Waals surface area contributed by atoms with E-state index >= 15 is 0 Å². The highest BCUT2D eigenvalue weighted by Crippen LogP contribution is 2.21. The first-order chi connectivity index (χ1) is 29.9. The zero-order valence-corrected chi connectivity index (χ0v) is 43.4. The maximum atomic E-state index is 12.0. The van der Waals surface area contributed by atoms with Crippen LogP contribution in [0, 0.1) is 0 Å². The van der Waals surface area contributed by atoms with Crippen molar-refractivity contribution in [1.29, 1.82) is 0 Å². The molecule has 368 valence electrons. The van der Waals surface area contributed by atoms with Crippen molar-refractivity contribution in [2.45, 2.75) is 329 Å². The van der Waals surface area contributed by atoms with Crippen LogP contribution in [-0.2, 0) is 10.1 Å². The minimum atomic E-state index is -4.21. The Morgan fingerprint density at radius 1 is 0.246 bits per heavy atom. The van der Waals surface area contributed by atoms with Gasteiger partial charge in [-0.1, -0.05) is 290 Å². The van der Waals surface area contributed by atoms with Crippen molar-refractivity contribution in [3.63, 3.8) is 0 Å². The van der Waals surface area contributed by atoms with E-state index in [1.807, 2.05) is 0 Å². The number of hydrogen-bond donors (Lipinski definition) is 0. The molecule has 5 heteroatoms. The lowest BCUT2D eigenvalue weighted by Gasteiger charge is -2.40. The Labute approximate surface area is 386 Å². The van der Waals surface area contributed by atoms with Gasteiger partial charge in [0.25, 0.3) is 0 Å². The molecule has 0 unspecified atom stereocenters. The van der Waals surface area contributed by atoms with Gasteiger partial charge < -0.3 is 9.04 Å². The lowest BCUT2D eigenvalue weighted by atomic mass is 10.0. The summed E-state index contributed by atoms with van der Waals surface area (Å²) in [6.07, 6.45) is 65.9. The van der Waals surface area contributed by atoms with E-state index < -0.39 is 10.1 Å². The molecule has 0 aliphatic rings. The Kier molecular flexibility index (Phi) is 49.2. The fraction of sp³-hybridized carbons (Fsp3) is 1.00. The number of unbranched alkanes of at least 4 members (excludes halogenated alkanes) is 45. The van der Waals surface area contributed by atoms with Gasteiger partial charge in [-0.3, -0.25) is 0 Å². The summed E-state index contributed by atoms with van der Waals surface area (Å²) in [5.41, 5.74) is 0. The number of rotatable bonds is 54. The summed E-state index contributed by atoms with van der Waals surface area (Å²) < 4.78 is 36.8. The summed E-state index contributed by atoms with van der Waals surface area (Å²) in [6, 6.07) is 0. The first-order valence-electron chi connectivity index (χ1n) is 28.7. The van der Waals surface area contributed by atoms with Gasteiger partial charge in [0.2, 0.25) is 0 Å². The first kappa shape index (κ1) is 60.9. The van der Waals surface area contributed by atoms with Crippen LogP contribution in [0.1, 0.15) is 329 Å². The van der Waals surface area contributed by atoms with Gasteiger partial charge in [-0.2, -0.15) is 0 Å². The summed E-state index contributed by atoms with van der Waals surface area (Å²) in [7, 11) is -4.21. The second-order valence-corrected chi connectivity index (χ2v) is 21.9. The minimum absolute atomic E-state index is 0.191. The molecule has 0 aromatic heterocycles. The molecule has 0 radical (unpaired) electrons. The van der Waals surface area contributed by atoms with Crippen molar-refractivity contribution in [3.05, 3.63) is 0 Å². The van der Waals surface area contributed by atoms with Crippen LogP contribution < -0.4 is 0 Å². The average molecular weight is 883 g/mol. The molecule has 0 heterocycles. The summed E-state index contributed by atoms with van der Waals surface area (Å²) >= 11 is 0. The van der Waals surface area contributed by atoms with Crippen molar-refractivity contribution >= 4 is 10.1 Å². The number of nitrogens with zero attached hydrogens (tertiary/aromatic N) is 1. The van der Waals surface area contributed by atoms with E-state index in [0.717, 1.165) is 24.1 Å². The fourth-order valence-corrected chi connectivity index (χ4v) is 10.6. The van der Waals surface area contributed by atoms with Crippen LogP contribution in [0.15, 0.2) is 0 Å². The van der Waals surface area contributed by atoms with Gasteiger partial charge in [0, 0.05) is 0 Å². The number of quaternary nitrogens is 1. The summed E-state index contributed by atoms with van der Waals surface area (Å²) in [6.45, 7) is 10.6. The minimum Gasteiger partial charge on any atom is -0.748 e. The topological polar surface area (TPSA) is 57.2 Å². The monoisotopic (exact) mass is 882 g/mol. The standard InChI is InChI=1S/C56H115NO3S/c1-4-7-10-13-16-19-22-25-28-31-34-37-40-43-46-49-52-57(55-56-61(58,59)60,53-50-47-44-41-38-35-32-29-26-23-20-17-14-11-8-5-2)54-51-48-45-42-39-36-33-30-27-24-21-18-15-12-9-6-3/h4-56H2,1-3H3. The van der Waals surface area contributed by atoms with Gasteiger partial charge >= 0.3 is 0 Å². The van der Waals surface area contributed by atoms with Gasteiger partial charge in [-0.25, -0.2) is 8.42 Å². The summed E-state index contributed by atoms with van der Waals surface area (Å²) in [5.74, 6) is -0.191. The van der Waals surface area contributed by atoms with E-state index in [9.17, 15) is 13.0 Å². The van der Waals surface area contributed by atoms with Gasteiger partial charge in [-0.15, -0.1) is 0 Å². The van der Waals surface area contributed by atoms with Crippen LogP contribution in [-0.4, -0.2) is 49.4 Å². The third kappa shape index (κ3) is 49.1. The summed E-state index contributed by atoms with van der Waals surface area (Å²) in [4.78, 5) is 0. The van der Waals surface area contributed by atoms with Crippen molar-refractivity contribution in [2.24, 2.45) is 0 Å². The van der Waals surface area contributed by atoms with Crippen molar-refractivity contribution in [2.75, 3.05) is 31.9 Å². The maximum absolute atomic E-state index is 12.0. The molecule has 0 fully saturated rings. The molecule has 0 bridgehead atoms.